The highest BCUT2D eigenvalue weighted by atomic mass is 35.5. The van der Waals surface area contributed by atoms with Crippen LogP contribution in [0.15, 0.2) is 53.1 Å². The minimum atomic E-state index is -4.00. The van der Waals surface area contributed by atoms with Crippen molar-refractivity contribution in [3.8, 4) is 5.75 Å². The number of hydrogen-bond donors (Lipinski definition) is 2. The van der Waals surface area contributed by atoms with Crippen LogP contribution < -0.4 is 14.4 Å². The molecule has 2 aromatic carbocycles. The van der Waals surface area contributed by atoms with Gasteiger partial charge in [0.1, 0.15) is 11.5 Å². The third-order valence-corrected chi connectivity index (χ3v) is 14.1. The number of nitrogens with zero attached hydrogens (tertiary/aromatic N) is 2. The average molecular weight is 708 g/mol. The average Bonchev–Trinajstić information content (AvgIpc) is 3.26. The molecule has 11 heteroatoms. The minimum absolute atomic E-state index is 0.0722. The van der Waals surface area contributed by atoms with Crippen LogP contribution in [-0.4, -0.2) is 55.1 Å². The SMILES string of the molecule is Cc1onc(C[C@]2(O)/C=C\C[C@H](C)[C@@H](C)S(=O)(=O)NC(=O)c3ccc4c(c3)N(C[C@@H]3CC[C@H]32)C[C@@]2(CCCc3cc(Cl)ccc32)CO4)c1C. The van der Waals surface area contributed by atoms with Crippen LogP contribution in [0.25, 0.3) is 0 Å². The maximum absolute atomic E-state index is 13.5. The lowest BCUT2D eigenvalue weighted by molar-refractivity contribution is -0.0457. The van der Waals surface area contributed by atoms with E-state index in [0.717, 1.165) is 59.8 Å². The lowest BCUT2D eigenvalue weighted by Crippen LogP contribution is -2.53. The predicted molar refractivity (Wildman–Crippen MR) is 190 cm³/mol. The number of aliphatic hydroxyl groups is 1. The van der Waals surface area contributed by atoms with E-state index in [0.29, 0.717) is 38.3 Å². The predicted octanol–water partition coefficient (Wildman–Crippen LogP) is 6.46. The maximum Gasteiger partial charge on any atom is 0.264 e. The Bertz CT molecular complexity index is 1910. The number of anilines is 1. The number of hydrogen-bond acceptors (Lipinski definition) is 8. The molecule has 3 aromatic rings. The van der Waals surface area contributed by atoms with Gasteiger partial charge in [0.15, 0.2) is 0 Å². The number of halogens is 1. The number of carbonyl (C=O) groups is 1. The van der Waals surface area contributed by atoms with Crippen molar-refractivity contribution in [3.63, 3.8) is 0 Å². The molecule has 6 atom stereocenters. The quantitative estimate of drug-likeness (QED) is 0.291. The van der Waals surface area contributed by atoms with Crippen molar-refractivity contribution >= 4 is 33.2 Å². The summed E-state index contributed by atoms with van der Waals surface area (Å²) in [6, 6.07) is 11.4. The van der Waals surface area contributed by atoms with Gasteiger partial charge >= 0.3 is 0 Å². The molecule has 7 rings (SSSR count). The van der Waals surface area contributed by atoms with Gasteiger partial charge in [0.2, 0.25) is 10.0 Å². The van der Waals surface area contributed by atoms with E-state index >= 15 is 0 Å². The second kappa shape index (κ2) is 12.8. The van der Waals surface area contributed by atoms with Crippen LogP contribution in [-0.2, 0) is 28.3 Å². The Hall–Kier alpha value is -3.34. The molecule has 0 radical (unpaired) electrons. The zero-order valence-corrected chi connectivity index (χ0v) is 30.2. The van der Waals surface area contributed by atoms with Crippen molar-refractivity contribution in [1.29, 1.82) is 0 Å². The molecule has 2 aliphatic carbocycles. The smallest absolute Gasteiger partial charge is 0.264 e. The van der Waals surface area contributed by atoms with Crippen molar-refractivity contribution in [3.05, 3.63) is 87.3 Å². The molecule has 0 saturated heterocycles. The number of sulfonamides is 1. The zero-order chi connectivity index (χ0) is 34.7. The van der Waals surface area contributed by atoms with Crippen LogP contribution in [0.1, 0.15) is 84.5 Å². The van der Waals surface area contributed by atoms with E-state index in [9.17, 15) is 18.3 Å². The molecule has 49 heavy (non-hydrogen) atoms. The third kappa shape index (κ3) is 6.29. The highest BCUT2D eigenvalue weighted by molar-refractivity contribution is 7.90. The van der Waals surface area contributed by atoms with Crippen molar-refractivity contribution in [2.75, 3.05) is 24.6 Å². The number of allylic oxidation sites excluding steroid dienone is 1. The number of aryl methyl sites for hydroxylation is 2. The molecule has 1 amide bonds. The summed E-state index contributed by atoms with van der Waals surface area (Å²) < 4.78 is 41.4. The van der Waals surface area contributed by atoms with E-state index in [2.05, 4.69) is 26.9 Å². The van der Waals surface area contributed by atoms with Crippen LogP contribution in [0.2, 0.25) is 5.02 Å². The lowest BCUT2D eigenvalue weighted by atomic mass is 9.62. The van der Waals surface area contributed by atoms with Gasteiger partial charge in [-0.05, 0) is 119 Å². The van der Waals surface area contributed by atoms with Gasteiger partial charge in [0.05, 0.1) is 28.8 Å². The first kappa shape index (κ1) is 34.1. The fraction of sp³-hybridized carbons (Fsp3) is 0.526. The van der Waals surface area contributed by atoms with Gasteiger partial charge in [-0.15, -0.1) is 0 Å². The molecule has 0 unspecified atom stereocenters. The summed E-state index contributed by atoms with van der Waals surface area (Å²) >= 11 is 6.45. The van der Waals surface area contributed by atoms with Gasteiger partial charge in [0, 0.05) is 41.1 Å². The van der Waals surface area contributed by atoms with Crippen LogP contribution in [0.5, 0.6) is 5.75 Å². The molecule has 2 N–H and O–H groups in total. The van der Waals surface area contributed by atoms with Crippen molar-refractivity contribution in [2.24, 2.45) is 17.8 Å². The largest absolute Gasteiger partial charge is 0.490 e. The first-order valence-electron chi connectivity index (χ1n) is 17.5. The molecule has 2 bridgehead atoms. The Morgan fingerprint density at radius 2 is 1.96 bits per heavy atom. The topological polar surface area (TPSA) is 122 Å². The second-order valence-electron chi connectivity index (χ2n) is 15.0. The van der Waals surface area contributed by atoms with E-state index < -0.39 is 26.8 Å². The van der Waals surface area contributed by atoms with Crippen LogP contribution in [0, 0.1) is 31.6 Å². The van der Waals surface area contributed by atoms with Gasteiger partial charge in [-0.1, -0.05) is 41.9 Å². The van der Waals surface area contributed by atoms with Gasteiger partial charge in [-0.2, -0.15) is 0 Å². The number of benzene rings is 2. The summed E-state index contributed by atoms with van der Waals surface area (Å²) in [6.07, 6.45) is 9.15. The van der Waals surface area contributed by atoms with Crippen LogP contribution >= 0.6 is 11.6 Å². The number of carbonyl (C=O) groups excluding carboxylic acids is 1. The van der Waals surface area contributed by atoms with Gasteiger partial charge < -0.3 is 19.3 Å². The summed E-state index contributed by atoms with van der Waals surface area (Å²) in [7, 11) is -4.00. The molecule has 2 aliphatic heterocycles. The Kier molecular flexibility index (Phi) is 8.89. The molecule has 1 aromatic heterocycles. The van der Waals surface area contributed by atoms with E-state index in [-0.39, 0.29) is 28.7 Å². The van der Waals surface area contributed by atoms with Crippen molar-refractivity contribution < 1.29 is 27.6 Å². The highest BCUT2D eigenvalue weighted by Gasteiger charge is 2.48. The molecular formula is C38H46ClN3O6S. The van der Waals surface area contributed by atoms with Gasteiger partial charge in [-0.25, -0.2) is 13.1 Å². The molecule has 1 spiro atoms. The van der Waals surface area contributed by atoms with Crippen molar-refractivity contribution in [1.82, 2.24) is 9.88 Å². The third-order valence-electron chi connectivity index (χ3n) is 12.0. The maximum atomic E-state index is 13.5. The zero-order valence-electron chi connectivity index (χ0n) is 28.7. The van der Waals surface area contributed by atoms with Gasteiger partial charge in [0.25, 0.3) is 5.91 Å². The summed E-state index contributed by atoms with van der Waals surface area (Å²) in [6.45, 7) is 9.05. The molecular weight excluding hydrogens is 662 g/mol. The molecule has 1 fully saturated rings. The fourth-order valence-corrected chi connectivity index (χ4v) is 9.94. The monoisotopic (exact) mass is 707 g/mol. The Labute approximate surface area is 294 Å². The Balaban J connectivity index is 1.33. The summed E-state index contributed by atoms with van der Waals surface area (Å²) in [4.78, 5) is 15.9. The molecule has 262 valence electrons. The van der Waals surface area contributed by atoms with E-state index in [1.165, 1.54) is 11.1 Å². The normalized spacial score (nSPS) is 31.8. The summed E-state index contributed by atoms with van der Waals surface area (Å²) in [5.41, 5.74) is 3.59. The summed E-state index contributed by atoms with van der Waals surface area (Å²) in [5, 5.41) is 16.8. The Morgan fingerprint density at radius 3 is 2.69 bits per heavy atom. The molecule has 9 nitrogen and oxygen atoms in total. The number of fused-ring (bicyclic) bond motifs is 4. The highest BCUT2D eigenvalue weighted by Crippen LogP contribution is 2.49. The fourth-order valence-electron chi connectivity index (χ4n) is 8.46. The number of ether oxygens (including phenoxy) is 1. The number of aromatic nitrogens is 1. The lowest BCUT2D eigenvalue weighted by Gasteiger charge is -2.49. The molecule has 1 saturated carbocycles. The van der Waals surface area contributed by atoms with Crippen LogP contribution in [0.4, 0.5) is 5.69 Å². The number of nitrogens with one attached hydrogen (secondary N) is 1. The standard InChI is InChI=1S/C38H46ClN3O6S/c1-23-7-5-16-38(44,19-33-24(2)25(3)48-40-33)32-12-9-29(32)20-42-21-37(15-6-8-27-17-30(39)11-13-31(27)37)22-47-35-14-10-28(18-34(35)42)36(43)41-49(45,46)26(23)4/h5,10-11,13-14,16-18,23,26,29,32,44H,6-9,12,15,19-22H2,1-4H3,(H,41,43)/b16-5-/t23-,26+,29-,32+,37-,38+/m0/s1. The van der Waals surface area contributed by atoms with Crippen LogP contribution in [0.3, 0.4) is 0 Å². The first-order valence-corrected chi connectivity index (χ1v) is 19.4. The summed E-state index contributed by atoms with van der Waals surface area (Å²) in [5.74, 6) is 0.480. The minimum Gasteiger partial charge on any atom is -0.490 e. The van der Waals surface area contributed by atoms with E-state index in [1.54, 1.807) is 25.1 Å². The number of rotatable bonds is 2. The molecule has 3 heterocycles. The van der Waals surface area contributed by atoms with E-state index in [1.807, 2.05) is 39.0 Å². The molecule has 4 aliphatic rings. The first-order chi connectivity index (χ1) is 23.3. The Morgan fingerprint density at radius 1 is 1.14 bits per heavy atom. The van der Waals surface area contributed by atoms with E-state index in [4.69, 9.17) is 20.9 Å². The van der Waals surface area contributed by atoms with Crippen molar-refractivity contribution in [2.45, 2.75) is 88.9 Å². The number of amides is 1. The second-order valence-corrected chi connectivity index (χ2v) is 17.5. The van der Waals surface area contributed by atoms with Gasteiger partial charge in [-0.3, -0.25) is 4.79 Å².